The van der Waals surface area contributed by atoms with Gasteiger partial charge in [0.05, 0.1) is 25.6 Å². The van der Waals surface area contributed by atoms with Crippen LogP contribution in [0.2, 0.25) is 0 Å². The van der Waals surface area contributed by atoms with Crippen molar-refractivity contribution in [3.8, 4) is 17.2 Å². The zero-order valence-corrected chi connectivity index (χ0v) is 17.1. The van der Waals surface area contributed by atoms with E-state index in [9.17, 15) is 4.79 Å². The monoisotopic (exact) mass is 405 g/mol. The number of nitrogens with zero attached hydrogens (tertiary/aromatic N) is 2. The quantitative estimate of drug-likeness (QED) is 0.506. The minimum atomic E-state index is -0.307. The summed E-state index contributed by atoms with van der Waals surface area (Å²) in [7, 11) is 3.08. The Hall–Kier alpha value is -3.87. The number of rotatable bonds is 8. The number of carbonyl (C=O) groups is 1. The Morgan fingerprint density at radius 3 is 2.00 bits per heavy atom. The second-order valence-corrected chi connectivity index (χ2v) is 6.42. The first kappa shape index (κ1) is 20.9. The van der Waals surface area contributed by atoms with Gasteiger partial charge in [0.15, 0.2) is 18.1 Å². The lowest BCUT2D eigenvalue weighted by atomic mass is 10.2. The standard InChI is InChI=1S/C23H23N3O4/c1-16-13-20(28-2)23(21(14-16)29-3)30-15-22(27)24-17-9-11-19(12-10-17)26-25-18-7-5-4-6-8-18/h4-14H,15H2,1-3H3,(H,24,27). The fourth-order valence-electron chi connectivity index (χ4n) is 2.71. The third kappa shape index (κ3) is 5.57. The van der Waals surface area contributed by atoms with Crippen LogP contribution in [-0.4, -0.2) is 26.7 Å². The van der Waals surface area contributed by atoms with Gasteiger partial charge in [0.25, 0.3) is 5.91 Å². The summed E-state index contributed by atoms with van der Waals surface area (Å²) in [5.41, 5.74) is 3.05. The van der Waals surface area contributed by atoms with Crippen LogP contribution in [-0.2, 0) is 4.79 Å². The molecule has 3 rings (SSSR count). The van der Waals surface area contributed by atoms with Crippen LogP contribution >= 0.6 is 0 Å². The molecule has 30 heavy (non-hydrogen) atoms. The zero-order valence-electron chi connectivity index (χ0n) is 17.1. The molecule has 0 fully saturated rings. The van der Waals surface area contributed by atoms with E-state index in [2.05, 4.69) is 15.5 Å². The molecule has 1 N–H and O–H groups in total. The van der Waals surface area contributed by atoms with E-state index < -0.39 is 0 Å². The van der Waals surface area contributed by atoms with Crippen molar-refractivity contribution >= 4 is 23.0 Å². The van der Waals surface area contributed by atoms with E-state index >= 15 is 0 Å². The fraction of sp³-hybridized carbons (Fsp3) is 0.174. The van der Waals surface area contributed by atoms with Crippen molar-refractivity contribution < 1.29 is 19.0 Å². The van der Waals surface area contributed by atoms with Crippen LogP contribution in [0.1, 0.15) is 5.56 Å². The van der Waals surface area contributed by atoms with E-state index in [4.69, 9.17) is 14.2 Å². The van der Waals surface area contributed by atoms with Crippen molar-refractivity contribution in [3.63, 3.8) is 0 Å². The van der Waals surface area contributed by atoms with Gasteiger partial charge in [-0.1, -0.05) is 18.2 Å². The maximum Gasteiger partial charge on any atom is 0.262 e. The first-order valence-corrected chi connectivity index (χ1v) is 9.31. The molecule has 7 heteroatoms. The average molecular weight is 405 g/mol. The second-order valence-electron chi connectivity index (χ2n) is 6.42. The molecule has 154 valence electrons. The molecule has 7 nitrogen and oxygen atoms in total. The van der Waals surface area contributed by atoms with Gasteiger partial charge in [0, 0.05) is 5.69 Å². The summed E-state index contributed by atoms with van der Waals surface area (Å²) >= 11 is 0. The van der Waals surface area contributed by atoms with Gasteiger partial charge in [0.1, 0.15) is 0 Å². The number of hydrogen-bond donors (Lipinski definition) is 1. The van der Waals surface area contributed by atoms with Gasteiger partial charge in [-0.25, -0.2) is 0 Å². The molecule has 3 aromatic rings. The summed E-state index contributed by atoms with van der Waals surface area (Å²) in [6.45, 7) is 1.73. The highest BCUT2D eigenvalue weighted by atomic mass is 16.5. The highest BCUT2D eigenvalue weighted by Gasteiger charge is 2.15. The lowest BCUT2D eigenvalue weighted by Gasteiger charge is -2.15. The number of methoxy groups -OCH3 is 2. The van der Waals surface area contributed by atoms with E-state index in [-0.39, 0.29) is 12.5 Å². The Balaban J connectivity index is 1.59. The van der Waals surface area contributed by atoms with Crippen molar-refractivity contribution in [2.45, 2.75) is 6.92 Å². The number of hydrogen-bond acceptors (Lipinski definition) is 6. The number of ether oxygens (including phenoxy) is 3. The molecule has 3 aromatic carbocycles. The molecule has 0 aliphatic heterocycles. The smallest absolute Gasteiger partial charge is 0.262 e. The SMILES string of the molecule is COc1cc(C)cc(OC)c1OCC(=O)Nc1ccc(N=Nc2ccccc2)cc1. The van der Waals surface area contributed by atoms with Crippen LogP contribution in [0.4, 0.5) is 17.1 Å². The molecule has 0 aliphatic rings. The molecule has 0 saturated heterocycles. The van der Waals surface area contributed by atoms with Gasteiger partial charge < -0.3 is 19.5 Å². The third-order valence-corrected chi connectivity index (χ3v) is 4.14. The predicted octanol–water partition coefficient (Wildman–Crippen LogP) is 5.45. The lowest BCUT2D eigenvalue weighted by Crippen LogP contribution is -2.20. The molecule has 0 heterocycles. The minimum Gasteiger partial charge on any atom is -0.493 e. The van der Waals surface area contributed by atoms with Gasteiger partial charge in [-0.05, 0) is 61.0 Å². The molecule has 0 radical (unpaired) electrons. The van der Waals surface area contributed by atoms with Gasteiger partial charge in [0.2, 0.25) is 5.75 Å². The molecule has 0 atom stereocenters. The predicted molar refractivity (Wildman–Crippen MR) is 115 cm³/mol. The first-order chi connectivity index (χ1) is 14.6. The van der Waals surface area contributed by atoms with Gasteiger partial charge in [-0.15, -0.1) is 0 Å². The highest BCUT2D eigenvalue weighted by molar-refractivity contribution is 5.92. The highest BCUT2D eigenvalue weighted by Crippen LogP contribution is 2.38. The van der Waals surface area contributed by atoms with Crippen molar-refractivity contribution in [3.05, 3.63) is 72.3 Å². The molecule has 0 bridgehead atoms. The van der Waals surface area contributed by atoms with Crippen LogP contribution in [0.15, 0.2) is 77.0 Å². The Bertz CT molecular complexity index is 993. The molecule has 0 spiro atoms. The molecule has 0 aromatic heterocycles. The summed E-state index contributed by atoms with van der Waals surface area (Å²) in [5.74, 6) is 1.09. The molecule has 1 amide bonds. The Morgan fingerprint density at radius 1 is 0.867 bits per heavy atom. The maximum absolute atomic E-state index is 12.3. The molecule has 0 aliphatic carbocycles. The van der Waals surface area contributed by atoms with E-state index in [1.807, 2.05) is 49.4 Å². The number of aryl methyl sites for hydroxylation is 1. The molecule has 0 saturated carbocycles. The van der Waals surface area contributed by atoms with Gasteiger partial charge in [-0.3, -0.25) is 4.79 Å². The second kappa shape index (κ2) is 10.1. The Kier molecular flexibility index (Phi) is 7.00. The number of nitrogens with one attached hydrogen (secondary N) is 1. The van der Waals surface area contributed by atoms with Crippen LogP contribution in [0.3, 0.4) is 0 Å². The van der Waals surface area contributed by atoms with Crippen LogP contribution in [0.25, 0.3) is 0 Å². The van der Waals surface area contributed by atoms with Gasteiger partial charge in [-0.2, -0.15) is 10.2 Å². The van der Waals surface area contributed by atoms with E-state index in [1.165, 1.54) is 14.2 Å². The van der Waals surface area contributed by atoms with E-state index in [0.717, 1.165) is 11.3 Å². The van der Waals surface area contributed by atoms with Crippen molar-refractivity contribution in [1.29, 1.82) is 0 Å². The summed E-state index contributed by atoms with van der Waals surface area (Å²) in [6.07, 6.45) is 0. The fourth-order valence-corrected chi connectivity index (χ4v) is 2.71. The van der Waals surface area contributed by atoms with Crippen LogP contribution in [0.5, 0.6) is 17.2 Å². The van der Waals surface area contributed by atoms with Crippen LogP contribution in [0, 0.1) is 6.92 Å². The van der Waals surface area contributed by atoms with E-state index in [1.54, 1.807) is 24.3 Å². The molecule has 0 unspecified atom stereocenters. The van der Waals surface area contributed by atoms with E-state index in [0.29, 0.717) is 28.6 Å². The minimum absolute atomic E-state index is 0.189. The van der Waals surface area contributed by atoms with Crippen molar-refractivity contribution in [2.24, 2.45) is 10.2 Å². The number of azo groups is 1. The van der Waals surface area contributed by atoms with Crippen LogP contribution < -0.4 is 19.5 Å². The summed E-state index contributed by atoms with van der Waals surface area (Å²) < 4.78 is 16.3. The number of benzene rings is 3. The van der Waals surface area contributed by atoms with Gasteiger partial charge >= 0.3 is 0 Å². The van der Waals surface area contributed by atoms with Crippen molar-refractivity contribution in [2.75, 3.05) is 26.1 Å². The topological polar surface area (TPSA) is 81.5 Å². The molecular formula is C23H23N3O4. The third-order valence-electron chi connectivity index (χ3n) is 4.14. The zero-order chi connectivity index (χ0) is 21.3. The average Bonchev–Trinajstić information content (AvgIpc) is 2.77. The summed E-state index contributed by atoms with van der Waals surface area (Å²) in [4.78, 5) is 12.3. The number of anilines is 1. The number of carbonyl (C=O) groups excluding carboxylic acids is 1. The molecular weight excluding hydrogens is 382 g/mol. The first-order valence-electron chi connectivity index (χ1n) is 9.31. The summed E-state index contributed by atoms with van der Waals surface area (Å²) in [6, 6.07) is 20.2. The summed E-state index contributed by atoms with van der Waals surface area (Å²) in [5, 5.41) is 11.1. The van der Waals surface area contributed by atoms with Crippen molar-refractivity contribution in [1.82, 2.24) is 0 Å². The lowest BCUT2D eigenvalue weighted by molar-refractivity contribution is -0.118. The Morgan fingerprint density at radius 2 is 1.43 bits per heavy atom. The number of amides is 1. The Labute approximate surface area is 175 Å². The largest absolute Gasteiger partial charge is 0.493 e. The normalized spacial score (nSPS) is 10.6. The maximum atomic E-state index is 12.3.